The zero-order valence-electron chi connectivity index (χ0n) is 16.2. The molecule has 1 saturated heterocycles. The van der Waals surface area contributed by atoms with Crippen LogP contribution < -0.4 is 16.0 Å². The van der Waals surface area contributed by atoms with Gasteiger partial charge in [0, 0.05) is 35.1 Å². The van der Waals surface area contributed by atoms with E-state index in [0.29, 0.717) is 18.0 Å². The molecule has 2 aromatic carbocycles. The summed E-state index contributed by atoms with van der Waals surface area (Å²) in [6.45, 7) is 0.572. The summed E-state index contributed by atoms with van der Waals surface area (Å²) in [6.07, 6.45) is 4.87. The van der Waals surface area contributed by atoms with Gasteiger partial charge in [0.25, 0.3) is 0 Å². The fraction of sp³-hybridized carbons (Fsp3) is 0.174. The summed E-state index contributed by atoms with van der Waals surface area (Å²) in [5.41, 5.74) is 9.86. The molecule has 30 heavy (non-hydrogen) atoms. The first-order valence-corrected chi connectivity index (χ1v) is 10.1. The standard InChI is InChI=1S/C23H21ClN4O2/c24-18-8-5-15(6-9-18)19-13-16(17-3-1-11-26-14-17)7-10-21(19)28-12-2-4-20(22(28)29)27-23(25)30/h1,3,5-11,13-14,20H,2,4,12H2,(H3,25,27,30). The maximum absolute atomic E-state index is 13.1. The van der Waals surface area contributed by atoms with Gasteiger partial charge in [-0.25, -0.2) is 4.79 Å². The van der Waals surface area contributed by atoms with Crippen molar-refractivity contribution in [2.24, 2.45) is 5.73 Å². The molecular weight excluding hydrogens is 400 g/mol. The van der Waals surface area contributed by atoms with Gasteiger partial charge in [0.2, 0.25) is 5.91 Å². The second kappa shape index (κ2) is 8.55. The highest BCUT2D eigenvalue weighted by molar-refractivity contribution is 6.30. The Morgan fingerprint density at radius 2 is 1.87 bits per heavy atom. The van der Waals surface area contributed by atoms with E-state index in [9.17, 15) is 9.59 Å². The van der Waals surface area contributed by atoms with E-state index >= 15 is 0 Å². The Labute approximate surface area is 179 Å². The summed E-state index contributed by atoms with van der Waals surface area (Å²) in [5, 5.41) is 3.20. The van der Waals surface area contributed by atoms with E-state index in [1.54, 1.807) is 17.3 Å². The van der Waals surface area contributed by atoms with Crippen LogP contribution in [0.4, 0.5) is 10.5 Å². The van der Waals surface area contributed by atoms with Crippen molar-refractivity contribution in [3.8, 4) is 22.3 Å². The van der Waals surface area contributed by atoms with Crippen LogP contribution in [-0.4, -0.2) is 29.5 Å². The number of carbonyl (C=O) groups is 2. The second-order valence-corrected chi connectivity index (χ2v) is 7.61. The molecule has 6 nitrogen and oxygen atoms in total. The minimum absolute atomic E-state index is 0.163. The maximum Gasteiger partial charge on any atom is 0.312 e. The molecule has 1 atom stereocenters. The number of pyridine rings is 1. The van der Waals surface area contributed by atoms with Crippen molar-refractivity contribution in [2.45, 2.75) is 18.9 Å². The van der Waals surface area contributed by atoms with Gasteiger partial charge < -0.3 is 16.0 Å². The number of nitrogens with zero attached hydrogens (tertiary/aromatic N) is 2. The largest absolute Gasteiger partial charge is 0.352 e. The molecule has 3 aromatic rings. The highest BCUT2D eigenvalue weighted by Crippen LogP contribution is 2.37. The number of halogens is 1. The lowest BCUT2D eigenvalue weighted by Crippen LogP contribution is -2.53. The van der Waals surface area contributed by atoms with Gasteiger partial charge in [-0.1, -0.05) is 35.9 Å². The van der Waals surface area contributed by atoms with Crippen molar-refractivity contribution >= 4 is 29.2 Å². The van der Waals surface area contributed by atoms with E-state index in [1.807, 2.05) is 54.6 Å². The van der Waals surface area contributed by atoms with Gasteiger partial charge in [0.1, 0.15) is 6.04 Å². The third-order valence-corrected chi connectivity index (χ3v) is 5.44. The lowest BCUT2D eigenvalue weighted by Gasteiger charge is -2.33. The van der Waals surface area contributed by atoms with Gasteiger partial charge in [-0.05, 0) is 54.3 Å². The third-order valence-electron chi connectivity index (χ3n) is 5.19. The summed E-state index contributed by atoms with van der Waals surface area (Å²) in [4.78, 5) is 30.3. The lowest BCUT2D eigenvalue weighted by atomic mass is 9.95. The topological polar surface area (TPSA) is 88.3 Å². The Hall–Kier alpha value is -3.38. The molecule has 0 radical (unpaired) electrons. The molecule has 4 rings (SSSR count). The number of nitrogens with one attached hydrogen (secondary N) is 1. The maximum atomic E-state index is 13.1. The van der Waals surface area contributed by atoms with Crippen molar-refractivity contribution in [1.29, 1.82) is 0 Å². The molecule has 2 heterocycles. The summed E-state index contributed by atoms with van der Waals surface area (Å²) in [6, 6.07) is 16.1. The van der Waals surface area contributed by atoms with Crippen LogP contribution in [0, 0.1) is 0 Å². The number of rotatable bonds is 4. The van der Waals surface area contributed by atoms with Gasteiger partial charge in [-0.3, -0.25) is 9.78 Å². The number of urea groups is 1. The number of hydrogen-bond acceptors (Lipinski definition) is 3. The molecule has 0 aliphatic carbocycles. The average molecular weight is 421 g/mol. The van der Waals surface area contributed by atoms with E-state index < -0.39 is 12.1 Å². The minimum Gasteiger partial charge on any atom is -0.352 e. The Balaban J connectivity index is 1.79. The normalized spacial score (nSPS) is 16.4. The molecule has 0 spiro atoms. The van der Waals surface area contributed by atoms with Crippen molar-refractivity contribution in [1.82, 2.24) is 10.3 Å². The Bertz CT molecular complexity index is 1070. The van der Waals surface area contributed by atoms with Crippen molar-refractivity contribution in [3.63, 3.8) is 0 Å². The molecule has 3 N–H and O–H groups in total. The van der Waals surface area contributed by atoms with Gasteiger partial charge in [0.15, 0.2) is 0 Å². The van der Waals surface area contributed by atoms with Crippen LogP contribution in [-0.2, 0) is 4.79 Å². The molecule has 3 amide bonds. The van der Waals surface area contributed by atoms with E-state index in [4.69, 9.17) is 17.3 Å². The zero-order chi connectivity index (χ0) is 21.1. The quantitative estimate of drug-likeness (QED) is 0.661. The van der Waals surface area contributed by atoms with Gasteiger partial charge in [-0.2, -0.15) is 0 Å². The number of primary amides is 1. The molecule has 1 aliphatic heterocycles. The lowest BCUT2D eigenvalue weighted by molar-refractivity contribution is -0.121. The number of amides is 3. The van der Waals surface area contributed by atoms with E-state index in [2.05, 4.69) is 10.3 Å². The average Bonchev–Trinajstić information content (AvgIpc) is 2.76. The SMILES string of the molecule is NC(=O)NC1CCCN(c2ccc(-c3cccnc3)cc2-c2ccc(Cl)cc2)C1=O. The molecule has 1 unspecified atom stereocenters. The highest BCUT2D eigenvalue weighted by Gasteiger charge is 2.31. The second-order valence-electron chi connectivity index (χ2n) is 7.17. The molecule has 1 fully saturated rings. The van der Waals surface area contributed by atoms with Gasteiger partial charge in [-0.15, -0.1) is 0 Å². The number of piperidine rings is 1. The predicted octanol–water partition coefficient (Wildman–Crippen LogP) is 4.23. The summed E-state index contributed by atoms with van der Waals surface area (Å²) in [5.74, 6) is -0.163. The number of nitrogens with two attached hydrogens (primary N) is 1. The number of hydrogen-bond donors (Lipinski definition) is 2. The Morgan fingerprint density at radius 1 is 1.10 bits per heavy atom. The summed E-state index contributed by atoms with van der Waals surface area (Å²) in [7, 11) is 0. The van der Waals surface area contributed by atoms with Crippen molar-refractivity contribution < 1.29 is 9.59 Å². The van der Waals surface area contributed by atoms with Crippen LogP contribution in [0.2, 0.25) is 5.02 Å². The number of anilines is 1. The molecule has 0 saturated carbocycles. The number of carbonyl (C=O) groups excluding carboxylic acids is 2. The zero-order valence-corrected chi connectivity index (χ0v) is 17.0. The summed E-state index contributed by atoms with van der Waals surface area (Å²) >= 11 is 6.08. The molecule has 152 valence electrons. The Kier molecular flexibility index (Phi) is 5.68. The van der Waals surface area contributed by atoms with Crippen LogP contribution in [0.15, 0.2) is 67.0 Å². The monoisotopic (exact) mass is 420 g/mol. The van der Waals surface area contributed by atoms with Crippen molar-refractivity contribution in [3.05, 3.63) is 72.0 Å². The molecule has 0 bridgehead atoms. The van der Waals surface area contributed by atoms with Crippen LogP contribution in [0.5, 0.6) is 0 Å². The van der Waals surface area contributed by atoms with Crippen LogP contribution >= 0.6 is 11.6 Å². The van der Waals surface area contributed by atoms with Gasteiger partial charge >= 0.3 is 6.03 Å². The van der Waals surface area contributed by atoms with E-state index in [0.717, 1.165) is 34.4 Å². The van der Waals surface area contributed by atoms with E-state index in [1.165, 1.54) is 0 Å². The fourth-order valence-corrected chi connectivity index (χ4v) is 3.89. The first-order valence-electron chi connectivity index (χ1n) is 9.70. The minimum atomic E-state index is -0.694. The van der Waals surface area contributed by atoms with Crippen molar-refractivity contribution in [2.75, 3.05) is 11.4 Å². The van der Waals surface area contributed by atoms with Crippen LogP contribution in [0.1, 0.15) is 12.8 Å². The van der Waals surface area contributed by atoms with Gasteiger partial charge in [0.05, 0.1) is 5.69 Å². The predicted molar refractivity (Wildman–Crippen MR) is 118 cm³/mol. The first-order chi connectivity index (χ1) is 14.5. The number of aromatic nitrogens is 1. The smallest absolute Gasteiger partial charge is 0.312 e. The van der Waals surface area contributed by atoms with Crippen LogP contribution in [0.25, 0.3) is 22.3 Å². The number of benzene rings is 2. The molecule has 1 aromatic heterocycles. The molecule has 1 aliphatic rings. The molecular formula is C23H21ClN4O2. The summed E-state index contributed by atoms with van der Waals surface area (Å²) < 4.78 is 0. The third kappa shape index (κ3) is 4.14. The van der Waals surface area contributed by atoms with E-state index in [-0.39, 0.29) is 5.91 Å². The fourth-order valence-electron chi connectivity index (χ4n) is 3.77. The van der Waals surface area contributed by atoms with Crippen LogP contribution in [0.3, 0.4) is 0 Å². The molecule has 7 heteroatoms. The Morgan fingerprint density at radius 3 is 2.57 bits per heavy atom. The first kappa shape index (κ1) is 19.9. The highest BCUT2D eigenvalue weighted by atomic mass is 35.5.